The number of piperidine rings is 1. The fraction of sp³-hybridized carbons (Fsp3) is 0.720. The monoisotopic (exact) mass is 417 g/mol. The van der Waals surface area contributed by atoms with E-state index in [4.69, 9.17) is 4.74 Å². The molecule has 5 nitrogen and oxygen atoms in total. The van der Waals surface area contributed by atoms with Gasteiger partial charge in [-0.3, -0.25) is 4.79 Å². The van der Waals surface area contributed by atoms with Crippen molar-refractivity contribution in [2.45, 2.75) is 96.6 Å². The van der Waals surface area contributed by atoms with E-state index in [0.29, 0.717) is 18.4 Å². The number of aromatic hydroxyl groups is 2. The van der Waals surface area contributed by atoms with Gasteiger partial charge in [-0.1, -0.05) is 12.8 Å². The number of rotatable bonds is 4. The third kappa shape index (κ3) is 4.32. The minimum Gasteiger partial charge on any atom is -0.504 e. The van der Waals surface area contributed by atoms with Crippen LogP contribution in [0.25, 0.3) is 0 Å². The van der Waals surface area contributed by atoms with E-state index in [9.17, 15) is 15.0 Å². The summed E-state index contributed by atoms with van der Waals surface area (Å²) < 4.78 is 5.45. The van der Waals surface area contributed by atoms with E-state index < -0.39 is 5.60 Å². The van der Waals surface area contributed by atoms with Gasteiger partial charge < -0.3 is 19.8 Å². The van der Waals surface area contributed by atoms with Crippen molar-refractivity contribution in [3.63, 3.8) is 0 Å². The summed E-state index contributed by atoms with van der Waals surface area (Å²) >= 11 is 0. The molecule has 1 saturated carbocycles. The number of likely N-dealkylation sites (tertiary alicyclic amines) is 1. The van der Waals surface area contributed by atoms with E-state index >= 15 is 0 Å². The Morgan fingerprint density at radius 1 is 1.27 bits per heavy atom. The third-order valence-electron chi connectivity index (χ3n) is 7.45. The predicted octanol–water partition coefficient (Wildman–Crippen LogP) is 4.83. The topological polar surface area (TPSA) is 70.0 Å². The van der Waals surface area contributed by atoms with Crippen molar-refractivity contribution in [1.29, 1.82) is 0 Å². The van der Waals surface area contributed by atoms with E-state index in [1.807, 2.05) is 27.7 Å². The molecule has 1 aromatic rings. The Labute approximate surface area is 181 Å². The van der Waals surface area contributed by atoms with Gasteiger partial charge in [0.25, 0.3) is 0 Å². The first-order chi connectivity index (χ1) is 14.0. The number of phenolic OH excluding ortho intramolecular Hbond substituents is 2. The number of nitrogens with zero attached hydrogens (tertiary/aromatic N) is 1. The van der Waals surface area contributed by atoms with Gasteiger partial charge in [-0.05, 0) is 97.0 Å². The highest BCUT2D eigenvalue weighted by molar-refractivity contribution is 5.70. The molecule has 3 atom stereocenters. The molecule has 0 aromatic heterocycles. The lowest BCUT2D eigenvalue weighted by Crippen LogP contribution is -2.55. The largest absolute Gasteiger partial charge is 0.504 e. The SMILES string of the molecule is Cc1c(CCC(=O)OC(C)(C)C)cc(O)c(O)c1[C@@]12CCCCC1[C@@H](C)N(C)CC2. The number of phenols is 2. The molecule has 5 heteroatoms. The van der Waals surface area contributed by atoms with E-state index in [2.05, 4.69) is 18.9 Å². The predicted molar refractivity (Wildman–Crippen MR) is 119 cm³/mol. The number of carbonyl (C=O) groups is 1. The fourth-order valence-electron chi connectivity index (χ4n) is 5.91. The average Bonchev–Trinajstić information content (AvgIpc) is 2.66. The second-order valence-electron chi connectivity index (χ2n) is 10.5. The summed E-state index contributed by atoms with van der Waals surface area (Å²) in [7, 11) is 2.19. The van der Waals surface area contributed by atoms with E-state index in [0.717, 1.165) is 48.9 Å². The summed E-state index contributed by atoms with van der Waals surface area (Å²) in [5.74, 6) is 0.185. The molecule has 1 aliphatic heterocycles. The van der Waals surface area contributed by atoms with Crippen molar-refractivity contribution in [3.8, 4) is 11.5 Å². The van der Waals surface area contributed by atoms with Crippen molar-refractivity contribution >= 4 is 5.97 Å². The van der Waals surface area contributed by atoms with Gasteiger partial charge in [0.2, 0.25) is 0 Å². The Bertz CT molecular complexity index is 797. The molecule has 2 fully saturated rings. The molecule has 2 aliphatic rings. The zero-order valence-electron chi connectivity index (χ0n) is 19.5. The molecule has 1 unspecified atom stereocenters. The van der Waals surface area contributed by atoms with Crippen LogP contribution in [0, 0.1) is 12.8 Å². The summed E-state index contributed by atoms with van der Waals surface area (Å²) in [5, 5.41) is 21.6. The van der Waals surface area contributed by atoms with Gasteiger partial charge in [-0.25, -0.2) is 0 Å². The summed E-state index contributed by atoms with van der Waals surface area (Å²) in [4.78, 5) is 14.7. The Morgan fingerprint density at radius 2 is 1.97 bits per heavy atom. The number of carbonyl (C=O) groups excluding carboxylic acids is 1. The molecular weight excluding hydrogens is 378 g/mol. The van der Waals surface area contributed by atoms with Gasteiger partial charge >= 0.3 is 5.97 Å². The number of hydrogen-bond acceptors (Lipinski definition) is 5. The van der Waals surface area contributed by atoms with Gasteiger partial charge in [0.1, 0.15) is 5.60 Å². The first-order valence-electron chi connectivity index (χ1n) is 11.4. The molecule has 168 valence electrons. The van der Waals surface area contributed by atoms with Gasteiger partial charge in [-0.15, -0.1) is 0 Å². The first kappa shape index (κ1) is 22.9. The number of ether oxygens (including phenoxy) is 1. The minimum atomic E-state index is -0.507. The molecule has 1 aromatic carbocycles. The molecule has 30 heavy (non-hydrogen) atoms. The maximum absolute atomic E-state index is 12.2. The molecule has 1 saturated heterocycles. The first-order valence-corrected chi connectivity index (χ1v) is 11.4. The summed E-state index contributed by atoms with van der Waals surface area (Å²) in [6, 6.07) is 2.07. The number of benzene rings is 1. The third-order valence-corrected chi connectivity index (χ3v) is 7.45. The molecule has 0 spiro atoms. The molecule has 0 radical (unpaired) electrons. The number of esters is 1. The minimum absolute atomic E-state index is 0.0390. The van der Waals surface area contributed by atoms with Crippen LogP contribution in [-0.4, -0.2) is 46.3 Å². The lowest BCUT2D eigenvalue weighted by molar-refractivity contribution is -0.154. The normalized spacial score (nSPS) is 27.5. The second kappa shape index (κ2) is 8.41. The average molecular weight is 418 g/mol. The zero-order valence-corrected chi connectivity index (χ0v) is 19.5. The van der Waals surface area contributed by atoms with E-state index in [-0.39, 0.29) is 29.3 Å². The lowest BCUT2D eigenvalue weighted by atomic mass is 9.56. The standard InChI is InChI=1S/C25H39NO4/c1-16-18(10-11-21(28)30-24(3,4)5)15-20(27)23(29)22(16)25-12-8-7-9-19(25)17(2)26(6)14-13-25/h15,17,19,27,29H,7-14H2,1-6H3/t17-,19?,25-/m1/s1. The van der Waals surface area contributed by atoms with Crippen LogP contribution < -0.4 is 0 Å². The smallest absolute Gasteiger partial charge is 0.306 e. The molecule has 3 rings (SSSR count). The van der Waals surface area contributed by atoms with Crippen LogP contribution >= 0.6 is 0 Å². The van der Waals surface area contributed by atoms with Crippen molar-refractivity contribution in [2.75, 3.05) is 13.6 Å². The number of aryl methyl sites for hydroxylation is 1. The van der Waals surface area contributed by atoms with Gasteiger partial charge in [0.15, 0.2) is 11.5 Å². The number of fused-ring (bicyclic) bond motifs is 1. The maximum Gasteiger partial charge on any atom is 0.306 e. The summed E-state index contributed by atoms with van der Waals surface area (Å²) in [6.45, 7) is 10.9. The second-order valence-corrected chi connectivity index (χ2v) is 10.5. The zero-order chi connectivity index (χ0) is 22.3. The van der Waals surface area contributed by atoms with Crippen molar-refractivity contribution in [3.05, 3.63) is 22.8 Å². The molecular formula is C25H39NO4. The Morgan fingerprint density at radius 3 is 2.63 bits per heavy atom. The number of hydrogen-bond donors (Lipinski definition) is 2. The Balaban J connectivity index is 1.97. The van der Waals surface area contributed by atoms with Crippen LogP contribution in [0.15, 0.2) is 6.07 Å². The van der Waals surface area contributed by atoms with Crippen LogP contribution in [0.1, 0.15) is 82.9 Å². The quantitative estimate of drug-likeness (QED) is 0.542. The summed E-state index contributed by atoms with van der Waals surface area (Å²) in [5.41, 5.74) is 2.25. The molecule has 0 bridgehead atoms. The van der Waals surface area contributed by atoms with Crippen LogP contribution in [0.2, 0.25) is 0 Å². The Kier molecular flexibility index (Phi) is 6.43. The fourth-order valence-corrected chi connectivity index (χ4v) is 5.91. The van der Waals surface area contributed by atoms with E-state index in [1.165, 1.54) is 6.42 Å². The van der Waals surface area contributed by atoms with Gasteiger partial charge in [0, 0.05) is 23.4 Å². The summed E-state index contributed by atoms with van der Waals surface area (Å²) in [6.07, 6.45) is 6.30. The van der Waals surface area contributed by atoms with Crippen LogP contribution in [0.3, 0.4) is 0 Å². The molecule has 2 N–H and O–H groups in total. The molecule has 1 aliphatic carbocycles. The van der Waals surface area contributed by atoms with E-state index in [1.54, 1.807) is 6.07 Å². The highest BCUT2D eigenvalue weighted by Gasteiger charge is 2.50. The highest BCUT2D eigenvalue weighted by Crippen LogP contribution is 2.55. The van der Waals surface area contributed by atoms with Crippen molar-refractivity contribution < 1.29 is 19.7 Å². The van der Waals surface area contributed by atoms with Gasteiger partial charge in [-0.2, -0.15) is 0 Å². The Hall–Kier alpha value is -1.75. The highest BCUT2D eigenvalue weighted by atomic mass is 16.6. The molecule has 0 amide bonds. The van der Waals surface area contributed by atoms with Crippen LogP contribution in [0.4, 0.5) is 0 Å². The van der Waals surface area contributed by atoms with Crippen LogP contribution in [-0.2, 0) is 21.4 Å². The van der Waals surface area contributed by atoms with Crippen molar-refractivity contribution in [2.24, 2.45) is 5.92 Å². The van der Waals surface area contributed by atoms with Crippen molar-refractivity contribution in [1.82, 2.24) is 4.90 Å². The molecule has 1 heterocycles. The van der Waals surface area contributed by atoms with Gasteiger partial charge in [0.05, 0.1) is 0 Å². The maximum atomic E-state index is 12.2. The van der Waals surface area contributed by atoms with Crippen LogP contribution in [0.5, 0.6) is 11.5 Å². The lowest BCUT2D eigenvalue weighted by Gasteiger charge is -2.54.